The van der Waals surface area contributed by atoms with E-state index in [1.165, 1.54) is 0 Å². The molecule has 0 amide bonds. The van der Waals surface area contributed by atoms with Gasteiger partial charge in [-0.2, -0.15) is 4.98 Å². The number of aromatic carboxylic acids is 1. The lowest BCUT2D eigenvalue weighted by Gasteiger charge is -2.11. The maximum atomic E-state index is 10.8. The van der Waals surface area contributed by atoms with Crippen LogP contribution in [0.2, 0.25) is 0 Å². The Morgan fingerprint density at radius 3 is 2.55 bits per heavy atom. The summed E-state index contributed by atoms with van der Waals surface area (Å²) in [5, 5.41) is 12.0. The van der Waals surface area contributed by atoms with E-state index in [1.807, 2.05) is 19.0 Å². The van der Waals surface area contributed by atoms with Crippen molar-refractivity contribution >= 4 is 17.7 Å². The second kappa shape index (κ2) is 6.01. The lowest BCUT2D eigenvalue weighted by atomic mass is 10.1. The second-order valence-electron chi connectivity index (χ2n) is 4.49. The van der Waals surface area contributed by atoms with Crippen molar-refractivity contribution in [3.8, 4) is 0 Å². The third-order valence-corrected chi connectivity index (χ3v) is 2.72. The normalized spacial score (nSPS) is 10.1. The molecule has 0 unspecified atom stereocenters. The van der Waals surface area contributed by atoms with Gasteiger partial charge in [-0.15, -0.1) is 0 Å². The Balaban J connectivity index is 2.01. The molecule has 0 saturated carbocycles. The highest BCUT2D eigenvalue weighted by Gasteiger charge is 2.03. The summed E-state index contributed by atoms with van der Waals surface area (Å²) in [5.74, 6) is 0.443. The maximum Gasteiger partial charge on any atom is 0.335 e. The molecular formula is C14H16N4O2. The highest BCUT2D eigenvalue weighted by atomic mass is 16.4. The fourth-order valence-electron chi connectivity index (χ4n) is 1.62. The molecule has 0 saturated heterocycles. The predicted octanol–water partition coefficient (Wildman–Crippen LogP) is 1.85. The van der Waals surface area contributed by atoms with Crippen molar-refractivity contribution in [2.24, 2.45) is 0 Å². The number of benzene rings is 1. The summed E-state index contributed by atoms with van der Waals surface area (Å²) in [5.41, 5.74) is 1.27. The molecule has 6 heteroatoms. The van der Waals surface area contributed by atoms with Crippen LogP contribution < -0.4 is 10.2 Å². The molecule has 0 spiro atoms. The molecule has 1 aromatic carbocycles. The van der Waals surface area contributed by atoms with Crippen LogP contribution in [0.15, 0.2) is 36.5 Å². The number of hydrogen-bond donors (Lipinski definition) is 2. The number of carbonyl (C=O) groups is 1. The number of nitrogens with zero attached hydrogens (tertiary/aromatic N) is 3. The Bertz CT molecular complexity index is 596. The second-order valence-corrected chi connectivity index (χ2v) is 4.49. The highest BCUT2D eigenvalue weighted by molar-refractivity contribution is 5.87. The molecule has 0 atom stereocenters. The molecule has 1 aromatic heterocycles. The molecule has 1 heterocycles. The van der Waals surface area contributed by atoms with E-state index < -0.39 is 5.97 Å². The van der Waals surface area contributed by atoms with E-state index in [-0.39, 0.29) is 5.56 Å². The van der Waals surface area contributed by atoms with Gasteiger partial charge in [-0.1, -0.05) is 12.1 Å². The molecule has 2 aromatic rings. The molecule has 2 rings (SSSR count). The van der Waals surface area contributed by atoms with Gasteiger partial charge in [0.2, 0.25) is 5.95 Å². The fourth-order valence-corrected chi connectivity index (χ4v) is 1.62. The van der Waals surface area contributed by atoms with Crippen molar-refractivity contribution < 1.29 is 9.90 Å². The van der Waals surface area contributed by atoms with Crippen molar-refractivity contribution in [2.45, 2.75) is 6.54 Å². The zero-order valence-corrected chi connectivity index (χ0v) is 11.4. The standard InChI is InChI=1S/C14H16N4O2/c1-18(2)14-15-8-7-12(17-14)16-9-10-3-5-11(6-4-10)13(19)20/h3-8H,9H2,1-2H3,(H,19,20)(H,15,16,17). The van der Waals surface area contributed by atoms with Crippen LogP contribution in [-0.4, -0.2) is 35.1 Å². The van der Waals surface area contributed by atoms with Crippen LogP contribution in [0.3, 0.4) is 0 Å². The number of rotatable bonds is 5. The number of hydrogen-bond acceptors (Lipinski definition) is 5. The molecule has 0 fully saturated rings. The van der Waals surface area contributed by atoms with Crippen molar-refractivity contribution in [1.29, 1.82) is 0 Å². The molecule has 6 nitrogen and oxygen atoms in total. The molecule has 104 valence electrons. The predicted molar refractivity (Wildman–Crippen MR) is 77.1 cm³/mol. The summed E-state index contributed by atoms with van der Waals surface area (Å²) < 4.78 is 0. The molecule has 20 heavy (non-hydrogen) atoms. The number of carboxylic acid groups (broad SMARTS) is 1. The van der Waals surface area contributed by atoms with E-state index in [0.29, 0.717) is 12.5 Å². The Morgan fingerprint density at radius 2 is 1.95 bits per heavy atom. The molecule has 0 bridgehead atoms. The summed E-state index contributed by atoms with van der Waals surface area (Å²) in [4.78, 5) is 21.1. The summed E-state index contributed by atoms with van der Waals surface area (Å²) in [6, 6.07) is 8.53. The zero-order chi connectivity index (χ0) is 14.5. The number of anilines is 2. The van der Waals surface area contributed by atoms with E-state index in [0.717, 1.165) is 11.4 Å². The van der Waals surface area contributed by atoms with Crippen molar-refractivity contribution in [3.05, 3.63) is 47.7 Å². The van der Waals surface area contributed by atoms with Crippen LogP contribution in [0.4, 0.5) is 11.8 Å². The van der Waals surface area contributed by atoms with Crippen LogP contribution in [0.25, 0.3) is 0 Å². The van der Waals surface area contributed by atoms with E-state index >= 15 is 0 Å². The topological polar surface area (TPSA) is 78.4 Å². The van der Waals surface area contributed by atoms with Gasteiger partial charge in [0.15, 0.2) is 0 Å². The third-order valence-electron chi connectivity index (χ3n) is 2.72. The Kier molecular flexibility index (Phi) is 4.14. The Labute approximate surface area is 117 Å². The molecule has 2 N–H and O–H groups in total. The van der Waals surface area contributed by atoms with Gasteiger partial charge in [0.25, 0.3) is 0 Å². The number of carboxylic acids is 1. The molecular weight excluding hydrogens is 256 g/mol. The number of nitrogens with one attached hydrogen (secondary N) is 1. The average Bonchev–Trinajstić information content (AvgIpc) is 2.46. The smallest absolute Gasteiger partial charge is 0.335 e. The molecule has 0 aliphatic heterocycles. The van der Waals surface area contributed by atoms with Crippen LogP contribution in [-0.2, 0) is 6.54 Å². The van der Waals surface area contributed by atoms with Crippen molar-refractivity contribution in [1.82, 2.24) is 9.97 Å². The maximum absolute atomic E-state index is 10.8. The van der Waals surface area contributed by atoms with Gasteiger partial charge in [-0.3, -0.25) is 0 Å². The van der Waals surface area contributed by atoms with Gasteiger partial charge in [-0.25, -0.2) is 9.78 Å². The average molecular weight is 272 g/mol. The summed E-state index contributed by atoms with van der Waals surface area (Å²) in [6.45, 7) is 0.573. The van der Waals surface area contributed by atoms with Crippen LogP contribution in [0, 0.1) is 0 Å². The SMILES string of the molecule is CN(C)c1nccc(NCc2ccc(C(=O)O)cc2)n1. The zero-order valence-electron chi connectivity index (χ0n) is 11.4. The lowest BCUT2D eigenvalue weighted by molar-refractivity contribution is 0.0697. The molecule has 0 aliphatic carbocycles. The van der Waals surface area contributed by atoms with E-state index in [1.54, 1.807) is 36.5 Å². The van der Waals surface area contributed by atoms with Crippen LogP contribution in [0.1, 0.15) is 15.9 Å². The first kappa shape index (κ1) is 13.8. The van der Waals surface area contributed by atoms with Gasteiger partial charge in [-0.05, 0) is 23.8 Å². The van der Waals surface area contributed by atoms with Crippen molar-refractivity contribution in [3.63, 3.8) is 0 Å². The highest BCUT2D eigenvalue weighted by Crippen LogP contribution is 2.10. The van der Waals surface area contributed by atoms with E-state index in [9.17, 15) is 4.79 Å². The van der Waals surface area contributed by atoms with Crippen LogP contribution in [0.5, 0.6) is 0 Å². The number of aromatic nitrogens is 2. The summed E-state index contributed by atoms with van der Waals surface area (Å²) >= 11 is 0. The minimum Gasteiger partial charge on any atom is -0.478 e. The van der Waals surface area contributed by atoms with Gasteiger partial charge >= 0.3 is 5.97 Å². The first-order valence-corrected chi connectivity index (χ1v) is 6.13. The molecule has 0 radical (unpaired) electrons. The Morgan fingerprint density at radius 1 is 1.25 bits per heavy atom. The minimum atomic E-state index is -0.920. The monoisotopic (exact) mass is 272 g/mol. The van der Waals surface area contributed by atoms with E-state index in [2.05, 4.69) is 15.3 Å². The van der Waals surface area contributed by atoms with Gasteiger partial charge < -0.3 is 15.3 Å². The Hall–Kier alpha value is -2.63. The van der Waals surface area contributed by atoms with Gasteiger partial charge in [0.1, 0.15) is 5.82 Å². The summed E-state index contributed by atoms with van der Waals surface area (Å²) in [7, 11) is 3.76. The first-order chi connectivity index (χ1) is 9.56. The van der Waals surface area contributed by atoms with Crippen molar-refractivity contribution in [2.75, 3.05) is 24.3 Å². The van der Waals surface area contributed by atoms with Gasteiger partial charge in [0, 0.05) is 26.8 Å². The third kappa shape index (κ3) is 3.44. The minimum absolute atomic E-state index is 0.283. The van der Waals surface area contributed by atoms with E-state index in [4.69, 9.17) is 5.11 Å². The molecule has 0 aliphatic rings. The van der Waals surface area contributed by atoms with Crippen LogP contribution >= 0.6 is 0 Å². The first-order valence-electron chi connectivity index (χ1n) is 6.13. The quantitative estimate of drug-likeness (QED) is 0.865. The van der Waals surface area contributed by atoms with Gasteiger partial charge in [0.05, 0.1) is 5.56 Å². The lowest BCUT2D eigenvalue weighted by Crippen LogP contribution is -2.13. The largest absolute Gasteiger partial charge is 0.478 e. The fraction of sp³-hybridized carbons (Fsp3) is 0.214. The summed E-state index contributed by atoms with van der Waals surface area (Å²) in [6.07, 6.45) is 1.69.